The largest absolute Gasteiger partial charge is 0.250 e. The molecule has 0 atom stereocenters. The fourth-order valence-electron chi connectivity index (χ4n) is 1.74. The Morgan fingerprint density at radius 1 is 1.31 bits per heavy atom. The average molecular weight is 211 g/mol. The average Bonchev–Trinajstić information content (AvgIpc) is 2.59. The van der Waals surface area contributed by atoms with Gasteiger partial charge in [-0.05, 0) is 25.5 Å². The third-order valence-corrected chi connectivity index (χ3v) is 2.43. The summed E-state index contributed by atoms with van der Waals surface area (Å²) in [5.74, 6) is 0. The van der Waals surface area contributed by atoms with Gasteiger partial charge in [0.1, 0.15) is 11.8 Å². The molecule has 1 aromatic heterocycles. The van der Waals surface area contributed by atoms with Crippen molar-refractivity contribution < 1.29 is 0 Å². The number of aromatic nitrogens is 2. The minimum Gasteiger partial charge on any atom is -0.250 e. The van der Waals surface area contributed by atoms with Crippen LogP contribution in [0.15, 0.2) is 30.3 Å². The third kappa shape index (κ3) is 2.12. The Kier molecular flexibility index (Phi) is 2.74. The quantitative estimate of drug-likeness (QED) is 0.765. The first-order valence-electron chi connectivity index (χ1n) is 5.19. The van der Waals surface area contributed by atoms with Crippen LogP contribution < -0.4 is 0 Å². The summed E-state index contributed by atoms with van der Waals surface area (Å²) in [6.07, 6.45) is 0. The van der Waals surface area contributed by atoms with Crippen LogP contribution in [0.5, 0.6) is 0 Å². The molecule has 0 saturated heterocycles. The summed E-state index contributed by atoms with van der Waals surface area (Å²) in [7, 11) is 0. The van der Waals surface area contributed by atoms with E-state index in [1.165, 1.54) is 11.1 Å². The first-order valence-corrected chi connectivity index (χ1v) is 5.19. The zero-order valence-electron chi connectivity index (χ0n) is 9.44. The molecule has 0 aliphatic heterocycles. The molecule has 0 aliphatic carbocycles. The molecule has 3 nitrogen and oxygen atoms in total. The van der Waals surface area contributed by atoms with Crippen molar-refractivity contribution in [3.63, 3.8) is 0 Å². The Bertz CT molecular complexity index is 547. The highest BCUT2D eigenvalue weighted by Gasteiger charge is 2.04. The molecule has 0 N–H and O–H groups in total. The Hall–Kier alpha value is -2.08. The first-order chi connectivity index (χ1) is 7.69. The van der Waals surface area contributed by atoms with Crippen LogP contribution in [0.25, 0.3) is 0 Å². The Morgan fingerprint density at radius 3 is 2.81 bits per heavy atom. The summed E-state index contributed by atoms with van der Waals surface area (Å²) in [4.78, 5) is 0. The molecule has 0 saturated carbocycles. The topological polar surface area (TPSA) is 41.6 Å². The molecular weight excluding hydrogens is 198 g/mol. The van der Waals surface area contributed by atoms with Crippen molar-refractivity contribution in [3.05, 3.63) is 52.8 Å². The predicted molar refractivity (Wildman–Crippen MR) is 62.0 cm³/mol. The van der Waals surface area contributed by atoms with E-state index in [9.17, 15) is 0 Å². The molecule has 0 bridgehead atoms. The molecule has 16 heavy (non-hydrogen) atoms. The van der Waals surface area contributed by atoms with Crippen LogP contribution in [0, 0.1) is 25.2 Å². The Labute approximate surface area is 94.9 Å². The van der Waals surface area contributed by atoms with Gasteiger partial charge >= 0.3 is 0 Å². The normalized spacial score (nSPS) is 10.1. The minimum absolute atomic E-state index is 0.610. The van der Waals surface area contributed by atoms with Gasteiger partial charge in [-0.15, -0.1) is 0 Å². The monoisotopic (exact) mass is 211 g/mol. The summed E-state index contributed by atoms with van der Waals surface area (Å²) in [6, 6.07) is 12.2. The number of nitrogens with zero attached hydrogens (tertiary/aromatic N) is 3. The van der Waals surface area contributed by atoms with Gasteiger partial charge in [-0.3, -0.25) is 4.68 Å². The van der Waals surface area contributed by atoms with Gasteiger partial charge in [-0.2, -0.15) is 10.4 Å². The molecule has 0 radical (unpaired) electrons. The van der Waals surface area contributed by atoms with Gasteiger partial charge in [0.25, 0.3) is 0 Å². The number of aryl methyl sites for hydroxylation is 2. The van der Waals surface area contributed by atoms with Crippen molar-refractivity contribution in [2.24, 2.45) is 0 Å². The Balaban J connectivity index is 2.30. The van der Waals surface area contributed by atoms with E-state index in [1.807, 2.05) is 19.1 Å². The number of rotatable bonds is 2. The maximum Gasteiger partial charge on any atom is 0.139 e. The number of benzene rings is 1. The van der Waals surface area contributed by atoms with E-state index in [4.69, 9.17) is 5.26 Å². The smallest absolute Gasteiger partial charge is 0.139 e. The fraction of sp³-hybridized carbons (Fsp3) is 0.231. The number of hydrogen-bond acceptors (Lipinski definition) is 2. The molecule has 1 aromatic carbocycles. The van der Waals surface area contributed by atoms with E-state index in [0.29, 0.717) is 12.2 Å². The van der Waals surface area contributed by atoms with Crippen LogP contribution in [0.1, 0.15) is 22.5 Å². The van der Waals surface area contributed by atoms with Crippen LogP contribution in [-0.4, -0.2) is 9.78 Å². The second-order valence-corrected chi connectivity index (χ2v) is 3.93. The second-order valence-electron chi connectivity index (χ2n) is 3.93. The van der Waals surface area contributed by atoms with Crippen LogP contribution >= 0.6 is 0 Å². The van der Waals surface area contributed by atoms with Gasteiger partial charge in [0.15, 0.2) is 0 Å². The molecule has 0 amide bonds. The van der Waals surface area contributed by atoms with Gasteiger partial charge in [-0.1, -0.05) is 29.8 Å². The first kappa shape index (κ1) is 10.4. The highest BCUT2D eigenvalue weighted by molar-refractivity contribution is 5.26. The van der Waals surface area contributed by atoms with Gasteiger partial charge in [-0.25, -0.2) is 0 Å². The van der Waals surface area contributed by atoms with Gasteiger partial charge in [0.2, 0.25) is 0 Å². The summed E-state index contributed by atoms with van der Waals surface area (Å²) in [6.45, 7) is 4.61. The molecule has 1 heterocycles. The zero-order valence-corrected chi connectivity index (χ0v) is 9.44. The minimum atomic E-state index is 0.610. The molecule has 0 unspecified atom stereocenters. The standard InChI is InChI=1S/C13H13N3/c1-10-4-3-5-12(6-10)9-16-13(8-14)7-11(2)15-16/h3-7H,9H2,1-2H3. The summed E-state index contributed by atoms with van der Waals surface area (Å²) < 4.78 is 1.74. The second kappa shape index (κ2) is 4.19. The van der Waals surface area contributed by atoms with Crippen LogP contribution in [-0.2, 0) is 6.54 Å². The van der Waals surface area contributed by atoms with Crippen molar-refractivity contribution in [2.45, 2.75) is 20.4 Å². The molecule has 80 valence electrons. The van der Waals surface area contributed by atoms with E-state index >= 15 is 0 Å². The van der Waals surface area contributed by atoms with Crippen molar-refractivity contribution in [1.29, 1.82) is 5.26 Å². The van der Waals surface area contributed by atoms with Crippen LogP contribution in [0.4, 0.5) is 0 Å². The number of hydrogen-bond donors (Lipinski definition) is 0. The highest BCUT2D eigenvalue weighted by Crippen LogP contribution is 2.09. The maximum atomic E-state index is 8.95. The number of nitriles is 1. The molecule has 2 rings (SSSR count). The summed E-state index contributed by atoms with van der Waals surface area (Å²) >= 11 is 0. The summed E-state index contributed by atoms with van der Waals surface area (Å²) in [5.41, 5.74) is 3.88. The van der Waals surface area contributed by atoms with E-state index < -0.39 is 0 Å². The van der Waals surface area contributed by atoms with Gasteiger partial charge < -0.3 is 0 Å². The van der Waals surface area contributed by atoms with Crippen molar-refractivity contribution in [1.82, 2.24) is 9.78 Å². The fourth-order valence-corrected chi connectivity index (χ4v) is 1.74. The maximum absolute atomic E-state index is 8.95. The van der Waals surface area contributed by atoms with E-state index in [0.717, 1.165) is 5.69 Å². The molecule has 2 aromatic rings. The van der Waals surface area contributed by atoms with Gasteiger partial charge in [0.05, 0.1) is 12.2 Å². The lowest BCUT2D eigenvalue weighted by molar-refractivity contribution is 0.670. The van der Waals surface area contributed by atoms with Crippen LogP contribution in [0.2, 0.25) is 0 Å². The van der Waals surface area contributed by atoms with E-state index in [1.54, 1.807) is 10.7 Å². The molecular formula is C13H13N3. The third-order valence-electron chi connectivity index (χ3n) is 2.43. The van der Waals surface area contributed by atoms with Crippen molar-refractivity contribution in [3.8, 4) is 6.07 Å². The molecule has 3 heteroatoms. The summed E-state index contributed by atoms with van der Waals surface area (Å²) in [5, 5.41) is 13.3. The molecule has 0 aliphatic rings. The molecule has 0 spiro atoms. The zero-order chi connectivity index (χ0) is 11.5. The lowest BCUT2D eigenvalue weighted by Crippen LogP contribution is -2.04. The lowest BCUT2D eigenvalue weighted by Gasteiger charge is -2.04. The SMILES string of the molecule is Cc1cccc(Cn2nc(C)cc2C#N)c1. The van der Waals surface area contributed by atoms with E-state index in [-0.39, 0.29) is 0 Å². The molecule has 0 fully saturated rings. The van der Waals surface area contributed by atoms with Crippen molar-refractivity contribution >= 4 is 0 Å². The highest BCUT2D eigenvalue weighted by atomic mass is 15.3. The Morgan fingerprint density at radius 2 is 2.12 bits per heavy atom. The van der Waals surface area contributed by atoms with Gasteiger partial charge in [0, 0.05) is 0 Å². The van der Waals surface area contributed by atoms with Crippen LogP contribution in [0.3, 0.4) is 0 Å². The predicted octanol–water partition coefficient (Wildman–Crippen LogP) is 2.42. The van der Waals surface area contributed by atoms with Crippen molar-refractivity contribution in [2.75, 3.05) is 0 Å². The lowest BCUT2D eigenvalue weighted by atomic mass is 10.1. The van der Waals surface area contributed by atoms with E-state index in [2.05, 4.69) is 30.2 Å².